The van der Waals surface area contributed by atoms with Gasteiger partial charge in [-0.1, -0.05) is 0 Å². The highest BCUT2D eigenvalue weighted by Crippen LogP contribution is 2.28. The molecule has 0 heterocycles. The van der Waals surface area contributed by atoms with Gasteiger partial charge in [-0.3, -0.25) is 19.7 Å². The SMILES string of the molecule is Cc1cc(C)c([N+](=O)[O-])c(C)c1C(=O)NCC(C)(C)C(=O)O. The van der Waals surface area contributed by atoms with Gasteiger partial charge in [-0.15, -0.1) is 0 Å². The van der Waals surface area contributed by atoms with Gasteiger partial charge in [0, 0.05) is 17.7 Å². The Bertz CT molecular complexity index is 650. The zero-order valence-electron chi connectivity index (χ0n) is 13.3. The molecule has 0 aliphatic heterocycles. The highest BCUT2D eigenvalue weighted by Gasteiger charge is 2.29. The lowest BCUT2D eigenvalue weighted by molar-refractivity contribution is -0.386. The number of nitro groups is 1. The van der Waals surface area contributed by atoms with Crippen molar-refractivity contribution in [1.29, 1.82) is 0 Å². The van der Waals surface area contributed by atoms with Crippen LogP contribution in [-0.2, 0) is 4.79 Å². The molecular formula is C15H20N2O5. The number of rotatable bonds is 5. The normalized spacial score (nSPS) is 11.1. The van der Waals surface area contributed by atoms with E-state index < -0.39 is 22.2 Å². The van der Waals surface area contributed by atoms with E-state index in [1.807, 2.05) is 0 Å². The number of carboxylic acid groups (broad SMARTS) is 1. The van der Waals surface area contributed by atoms with Crippen LogP contribution in [0.5, 0.6) is 0 Å². The molecule has 7 nitrogen and oxygen atoms in total. The van der Waals surface area contributed by atoms with Gasteiger partial charge < -0.3 is 10.4 Å². The molecule has 1 rings (SSSR count). The molecule has 0 bridgehead atoms. The number of nitrogens with zero attached hydrogens (tertiary/aromatic N) is 1. The fourth-order valence-corrected chi connectivity index (χ4v) is 2.27. The fraction of sp³-hybridized carbons (Fsp3) is 0.467. The molecule has 120 valence electrons. The van der Waals surface area contributed by atoms with Gasteiger partial charge in [0.1, 0.15) is 0 Å². The van der Waals surface area contributed by atoms with Crippen molar-refractivity contribution in [3.8, 4) is 0 Å². The van der Waals surface area contributed by atoms with E-state index in [0.29, 0.717) is 11.1 Å². The van der Waals surface area contributed by atoms with Crippen LogP contribution in [0.4, 0.5) is 5.69 Å². The first-order chi connectivity index (χ1) is 9.99. The van der Waals surface area contributed by atoms with Crippen molar-refractivity contribution in [2.75, 3.05) is 6.54 Å². The van der Waals surface area contributed by atoms with E-state index in [4.69, 9.17) is 5.11 Å². The highest BCUT2D eigenvalue weighted by atomic mass is 16.6. The second-order valence-corrected chi connectivity index (χ2v) is 5.99. The summed E-state index contributed by atoms with van der Waals surface area (Å²) in [5, 5.41) is 22.7. The first kappa shape index (κ1) is 17.6. The molecular weight excluding hydrogens is 288 g/mol. The molecule has 0 unspecified atom stereocenters. The smallest absolute Gasteiger partial charge is 0.310 e. The highest BCUT2D eigenvalue weighted by molar-refractivity contribution is 5.98. The number of amides is 1. The number of nitro benzene ring substituents is 1. The summed E-state index contributed by atoms with van der Waals surface area (Å²) in [5.41, 5.74) is 0.405. The van der Waals surface area contributed by atoms with Crippen molar-refractivity contribution in [2.45, 2.75) is 34.6 Å². The van der Waals surface area contributed by atoms with Gasteiger partial charge in [-0.25, -0.2) is 0 Å². The Hall–Kier alpha value is -2.44. The molecule has 1 amide bonds. The first-order valence-electron chi connectivity index (χ1n) is 6.76. The third kappa shape index (κ3) is 3.41. The number of aliphatic carboxylic acids is 1. The number of hydrogen-bond acceptors (Lipinski definition) is 4. The van der Waals surface area contributed by atoms with Crippen LogP contribution in [0, 0.1) is 36.3 Å². The van der Waals surface area contributed by atoms with Gasteiger partial charge in [-0.2, -0.15) is 0 Å². The number of nitrogens with one attached hydrogen (secondary N) is 1. The van der Waals surface area contributed by atoms with Crippen LogP contribution in [0.1, 0.15) is 40.9 Å². The van der Waals surface area contributed by atoms with Gasteiger partial charge in [0.25, 0.3) is 11.6 Å². The summed E-state index contributed by atoms with van der Waals surface area (Å²) in [7, 11) is 0. The van der Waals surface area contributed by atoms with Gasteiger partial charge in [0.15, 0.2) is 0 Å². The number of aryl methyl sites for hydroxylation is 2. The number of carbonyl (C=O) groups is 2. The maximum absolute atomic E-state index is 12.3. The minimum absolute atomic E-state index is 0.0677. The Kier molecular flexibility index (Phi) is 4.91. The Labute approximate surface area is 128 Å². The van der Waals surface area contributed by atoms with Crippen LogP contribution < -0.4 is 5.32 Å². The zero-order chi connectivity index (χ0) is 17.2. The number of carboxylic acids is 1. The standard InChI is InChI=1S/C15H20N2O5/c1-8-6-9(2)12(17(21)22)10(3)11(8)13(18)16-7-15(4,5)14(19)20/h6H,7H2,1-5H3,(H,16,18)(H,19,20). The van der Waals surface area contributed by atoms with Crippen molar-refractivity contribution in [3.63, 3.8) is 0 Å². The predicted octanol–water partition coefficient (Wildman–Crippen LogP) is 2.36. The van der Waals surface area contributed by atoms with Crippen molar-refractivity contribution < 1.29 is 19.6 Å². The number of carbonyl (C=O) groups excluding carboxylic acids is 1. The maximum Gasteiger partial charge on any atom is 0.310 e. The molecule has 0 aliphatic rings. The van der Waals surface area contributed by atoms with Gasteiger partial charge in [0.05, 0.1) is 15.9 Å². The van der Waals surface area contributed by atoms with Gasteiger partial charge in [0.2, 0.25) is 0 Å². The molecule has 0 radical (unpaired) electrons. The zero-order valence-corrected chi connectivity index (χ0v) is 13.3. The minimum Gasteiger partial charge on any atom is -0.481 e. The molecule has 0 atom stereocenters. The quantitative estimate of drug-likeness (QED) is 0.641. The molecule has 0 saturated carbocycles. The largest absolute Gasteiger partial charge is 0.481 e. The molecule has 0 aromatic heterocycles. The van der Waals surface area contributed by atoms with E-state index in [9.17, 15) is 19.7 Å². The van der Waals surface area contributed by atoms with E-state index in [2.05, 4.69) is 5.32 Å². The molecule has 1 aromatic rings. The molecule has 0 fully saturated rings. The molecule has 1 aromatic carbocycles. The van der Waals surface area contributed by atoms with E-state index >= 15 is 0 Å². The summed E-state index contributed by atoms with van der Waals surface area (Å²) in [4.78, 5) is 34.0. The Morgan fingerprint density at radius 1 is 1.27 bits per heavy atom. The lowest BCUT2D eigenvalue weighted by Gasteiger charge is -2.20. The van der Waals surface area contributed by atoms with Crippen LogP contribution in [0.2, 0.25) is 0 Å². The predicted molar refractivity (Wildman–Crippen MR) is 81.1 cm³/mol. The topological polar surface area (TPSA) is 110 Å². The van der Waals surface area contributed by atoms with Gasteiger partial charge in [-0.05, 0) is 46.2 Å². The van der Waals surface area contributed by atoms with E-state index in [0.717, 1.165) is 0 Å². The fourth-order valence-electron chi connectivity index (χ4n) is 2.27. The van der Waals surface area contributed by atoms with Crippen molar-refractivity contribution in [3.05, 3.63) is 38.4 Å². The van der Waals surface area contributed by atoms with Crippen molar-refractivity contribution >= 4 is 17.6 Å². The molecule has 2 N–H and O–H groups in total. The summed E-state index contributed by atoms with van der Waals surface area (Å²) in [6.07, 6.45) is 0. The third-order valence-corrected chi connectivity index (χ3v) is 3.61. The lowest BCUT2D eigenvalue weighted by Crippen LogP contribution is -2.39. The van der Waals surface area contributed by atoms with Crippen LogP contribution in [0.25, 0.3) is 0 Å². The minimum atomic E-state index is -1.12. The molecule has 7 heteroatoms. The van der Waals surface area contributed by atoms with Crippen LogP contribution >= 0.6 is 0 Å². The molecule has 22 heavy (non-hydrogen) atoms. The second-order valence-electron chi connectivity index (χ2n) is 5.99. The van der Waals surface area contributed by atoms with Crippen LogP contribution in [-0.4, -0.2) is 28.5 Å². The average Bonchev–Trinajstić information content (AvgIpc) is 2.34. The van der Waals surface area contributed by atoms with Gasteiger partial charge >= 0.3 is 5.97 Å². The van der Waals surface area contributed by atoms with E-state index in [1.165, 1.54) is 20.8 Å². The summed E-state index contributed by atoms with van der Waals surface area (Å²) in [6, 6.07) is 1.59. The van der Waals surface area contributed by atoms with E-state index in [-0.39, 0.29) is 23.4 Å². The number of benzene rings is 1. The summed E-state index contributed by atoms with van der Waals surface area (Å²) < 4.78 is 0. The van der Waals surface area contributed by atoms with Crippen molar-refractivity contribution in [2.24, 2.45) is 5.41 Å². The van der Waals surface area contributed by atoms with Crippen LogP contribution in [0.15, 0.2) is 6.07 Å². The van der Waals surface area contributed by atoms with Crippen LogP contribution in [0.3, 0.4) is 0 Å². The Balaban J connectivity index is 3.17. The molecule has 0 spiro atoms. The monoisotopic (exact) mass is 308 g/mol. The number of hydrogen-bond donors (Lipinski definition) is 2. The van der Waals surface area contributed by atoms with Crippen molar-refractivity contribution in [1.82, 2.24) is 5.32 Å². The Morgan fingerprint density at radius 3 is 2.27 bits per heavy atom. The third-order valence-electron chi connectivity index (χ3n) is 3.61. The Morgan fingerprint density at radius 2 is 1.82 bits per heavy atom. The molecule has 0 saturated heterocycles. The summed E-state index contributed by atoms with van der Waals surface area (Å²) >= 11 is 0. The average molecular weight is 308 g/mol. The second kappa shape index (κ2) is 6.13. The lowest BCUT2D eigenvalue weighted by atomic mass is 9.93. The summed E-state index contributed by atoms with van der Waals surface area (Å²) in [6.45, 7) is 7.76. The van der Waals surface area contributed by atoms with E-state index in [1.54, 1.807) is 19.9 Å². The molecule has 0 aliphatic carbocycles. The summed E-state index contributed by atoms with van der Waals surface area (Å²) in [5.74, 6) is -1.54. The maximum atomic E-state index is 12.3. The first-order valence-corrected chi connectivity index (χ1v) is 6.76.